The van der Waals surface area contributed by atoms with Crippen LogP contribution in [-0.4, -0.2) is 51.1 Å². The molecule has 0 saturated heterocycles. The second-order valence-corrected chi connectivity index (χ2v) is 10.9. The molecule has 1 heterocycles. The van der Waals surface area contributed by atoms with Gasteiger partial charge in [-0.1, -0.05) is 67.8 Å². The highest BCUT2D eigenvalue weighted by molar-refractivity contribution is 7.99. The molecular formula is C20H33N3O3SSi. The average Bonchev–Trinajstić information content (AvgIpc) is 3.18. The van der Waals surface area contributed by atoms with Gasteiger partial charge in [0.25, 0.3) is 0 Å². The van der Waals surface area contributed by atoms with E-state index in [1.165, 1.54) is 37.7 Å². The molecule has 0 fully saturated rings. The van der Waals surface area contributed by atoms with Crippen LogP contribution in [0.15, 0.2) is 35.5 Å². The monoisotopic (exact) mass is 423 g/mol. The number of hydrogen-bond acceptors (Lipinski definition) is 6. The second kappa shape index (κ2) is 13.1. The van der Waals surface area contributed by atoms with Crippen LogP contribution in [0.1, 0.15) is 49.9 Å². The predicted molar refractivity (Wildman–Crippen MR) is 116 cm³/mol. The lowest BCUT2D eigenvalue weighted by molar-refractivity contribution is 0.122. The predicted octanol–water partition coefficient (Wildman–Crippen LogP) is 4.71. The van der Waals surface area contributed by atoms with E-state index in [1.54, 1.807) is 33.1 Å². The van der Waals surface area contributed by atoms with Gasteiger partial charge < -0.3 is 13.3 Å². The summed E-state index contributed by atoms with van der Waals surface area (Å²) < 4.78 is 16.4. The summed E-state index contributed by atoms with van der Waals surface area (Å²) in [5, 5.41) is 8.21. The molecule has 0 aliphatic heterocycles. The fraction of sp³-hybridized carbons (Fsp3) is 0.600. The Hall–Kier alpha value is -1.19. The standard InChI is InChI=1S/C20H33N3O3SSi/c1-24-28(25-2,26-3)16-12-7-5-4-6-11-15-27-20-21-19(22-23-20)17-18-13-9-8-10-14-18/h8-10,13-14H,4-7,11-12,15-17H2,1-3H3,(H,21,22,23). The van der Waals surface area contributed by atoms with E-state index in [0.717, 1.165) is 35.6 Å². The molecule has 28 heavy (non-hydrogen) atoms. The van der Waals surface area contributed by atoms with E-state index in [-0.39, 0.29) is 0 Å². The maximum atomic E-state index is 5.45. The number of rotatable bonds is 15. The lowest BCUT2D eigenvalue weighted by Crippen LogP contribution is -2.42. The third-order valence-corrected chi connectivity index (χ3v) is 8.53. The van der Waals surface area contributed by atoms with Crippen LogP contribution >= 0.6 is 11.8 Å². The van der Waals surface area contributed by atoms with Crippen LogP contribution < -0.4 is 0 Å². The van der Waals surface area contributed by atoms with Crippen molar-refractivity contribution < 1.29 is 13.3 Å². The molecule has 0 amide bonds. The molecule has 0 aliphatic carbocycles. The fourth-order valence-corrected chi connectivity index (χ4v) is 5.69. The van der Waals surface area contributed by atoms with Crippen molar-refractivity contribution in [1.82, 2.24) is 15.2 Å². The zero-order valence-corrected chi connectivity index (χ0v) is 19.1. The van der Waals surface area contributed by atoms with Crippen molar-refractivity contribution in [2.24, 2.45) is 0 Å². The summed E-state index contributed by atoms with van der Waals surface area (Å²) in [7, 11) is 2.65. The van der Waals surface area contributed by atoms with E-state index in [9.17, 15) is 0 Å². The van der Waals surface area contributed by atoms with Crippen LogP contribution in [-0.2, 0) is 19.7 Å². The van der Waals surface area contributed by atoms with E-state index in [1.807, 2.05) is 18.2 Å². The summed E-state index contributed by atoms with van der Waals surface area (Å²) in [4.78, 5) is 4.58. The Morgan fingerprint density at radius 1 is 0.893 bits per heavy atom. The Bertz CT molecular complexity index is 645. The van der Waals surface area contributed by atoms with E-state index in [0.29, 0.717) is 0 Å². The van der Waals surface area contributed by atoms with Crippen molar-refractivity contribution in [1.29, 1.82) is 0 Å². The SMILES string of the molecule is CO[Si](CCCCCCCCSc1n[nH]c(Cc2ccccc2)n1)(OC)OC. The van der Waals surface area contributed by atoms with Gasteiger partial charge in [-0.15, -0.1) is 5.10 Å². The van der Waals surface area contributed by atoms with Gasteiger partial charge >= 0.3 is 8.80 Å². The maximum Gasteiger partial charge on any atom is 0.500 e. The summed E-state index contributed by atoms with van der Waals surface area (Å²) in [6.07, 6.45) is 8.03. The van der Waals surface area contributed by atoms with E-state index < -0.39 is 8.80 Å². The van der Waals surface area contributed by atoms with Gasteiger partial charge in [-0.2, -0.15) is 0 Å². The summed E-state index contributed by atoms with van der Waals surface area (Å²) >= 11 is 1.73. The first-order chi connectivity index (χ1) is 13.7. The third kappa shape index (κ3) is 8.04. The largest absolute Gasteiger partial charge is 0.500 e. The summed E-state index contributed by atoms with van der Waals surface area (Å²) in [5.41, 5.74) is 1.25. The Balaban J connectivity index is 1.51. The molecule has 0 atom stereocenters. The molecule has 0 aliphatic rings. The van der Waals surface area contributed by atoms with Gasteiger partial charge in [0.05, 0.1) is 0 Å². The van der Waals surface area contributed by atoms with Crippen LogP contribution in [0.2, 0.25) is 6.04 Å². The minimum atomic E-state index is -2.38. The number of nitrogens with zero attached hydrogens (tertiary/aromatic N) is 2. The summed E-state index contributed by atoms with van der Waals surface area (Å²) in [5.74, 6) is 1.99. The highest BCUT2D eigenvalue weighted by Gasteiger charge is 2.36. The molecule has 0 spiro atoms. The van der Waals surface area contributed by atoms with Crippen LogP contribution in [0, 0.1) is 0 Å². The zero-order chi connectivity index (χ0) is 20.1. The molecule has 1 aromatic heterocycles. The van der Waals surface area contributed by atoms with Gasteiger partial charge in [0, 0.05) is 39.5 Å². The zero-order valence-electron chi connectivity index (χ0n) is 17.3. The molecule has 0 unspecified atom stereocenters. The highest BCUT2D eigenvalue weighted by atomic mass is 32.2. The van der Waals surface area contributed by atoms with Gasteiger partial charge in [-0.05, 0) is 18.4 Å². The molecule has 156 valence electrons. The molecule has 0 saturated carbocycles. The van der Waals surface area contributed by atoms with E-state index >= 15 is 0 Å². The number of H-pyrrole nitrogens is 1. The smallest absolute Gasteiger partial charge is 0.377 e. The quantitative estimate of drug-likeness (QED) is 0.254. The number of nitrogens with one attached hydrogen (secondary N) is 1. The van der Waals surface area contributed by atoms with E-state index in [4.69, 9.17) is 13.3 Å². The lowest BCUT2D eigenvalue weighted by Gasteiger charge is -2.24. The fourth-order valence-electron chi connectivity index (χ4n) is 3.08. The Morgan fingerprint density at radius 3 is 2.21 bits per heavy atom. The first-order valence-corrected chi connectivity index (χ1v) is 12.9. The number of thioether (sulfide) groups is 1. The molecule has 2 rings (SSSR count). The first kappa shape index (κ1) is 23.1. The molecule has 6 nitrogen and oxygen atoms in total. The molecular weight excluding hydrogens is 390 g/mol. The normalized spacial score (nSPS) is 11.8. The average molecular weight is 424 g/mol. The first-order valence-electron chi connectivity index (χ1n) is 9.95. The Labute approximate surface area is 174 Å². The van der Waals surface area contributed by atoms with Gasteiger partial charge in [0.2, 0.25) is 5.16 Å². The molecule has 1 N–H and O–H groups in total. The number of aromatic nitrogens is 3. The molecule has 0 radical (unpaired) electrons. The second-order valence-electron chi connectivity index (χ2n) is 6.74. The maximum absolute atomic E-state index is 5.45. The number of aromatic amines is 1. The molecule has 8 heteroatoms. The van der Waals surface area contributed by atoms with Crippen molar-refractivity contribution in [3.8, 4) is 0 Å². The van der Waals surface area contributed by atoms with Crippen LogP contribution in [0.3, 0.4) is 0 Å². The molecule has 2 aromatic rings. The van der Waals surface area contributed by atoms with Gasteiger partial charge in [0.15, 0.2) is 0 Å². The third-order valence-electron chi connectivity index (χ3n) is 4.77. The minimum absolute atomic E-state index is 0.799. The Kier molecular flexibility index (Phi) is 10.8. The van der Waals surface area contributed by atoms with Crippen LogP contribution in [0.25, 0.3) is 0 Å². The molecule has 0 bridgehead atoms. The number of benzene rings is 1. The molecule has 1 aromatic carbocycles. The minimum Gasteiger partial charge on any atom is -0.377 e. The Morgan fingerprint density at radius 2 is 1.54 bits per heavy atom. The van der Waals surface area contributed by atoms with Gasteiger partial charge in [0.1, 0.15) is 5.82 Å². The summed E-state index contributed by atoms with van der Waals surface area (Å²) in [6, 6.07) is 11.2. The van der Waals surface area contributed by atoms with Crippen molar-refractivity contribution in [2.75, 3.05) is 27.1 Å². The van der Waals surface area contributed by atoms with Crippen molar-refractivity contribution in [3.63, 3.8) is 0 Å². The van der Waals surface area contributed by atoms with Crippen molar-refractivity contribution in [3.05, 3.63) is 41.7 Å². The number of unbranched alkanes of at least 4 members (excludes halogenated alkanes) is 5. The van der Waals surface area contributed by atoms with Crippen molar-refractivity contribution >= 4 is 20.6 Å². The van der Waals surface area contributed by atoms with Crippen LogP contribution in [0.5, 0.6) is 0 Å². The van der Waals surface area contributed by atoms with E-state index in [2.05, 4.69) is 27.3 Å². The van der Waals surface area contributed by atoms with Gasteiger partial charge in [-0.25, -0.2) is 4.98 Å². The lowest BCUT2D eigenvalue weighted by atomic mass is 10.1. The topological polar surface area (TPSA) is 69.3 Å². The highest BCUT2D eigenvalue weighted by Crippen LogP contribution is 2.19. The van der Waals surface area contributed by atoms with Gasteiger partial charge in [-0.3, -0.25) is 5.10 Å². The van der Waals surface area contributed by atoms with Crippen LogP contribution in [0.4, 0.5) is 0 Å². The summed E-state index contributed by atoms with van der Waals surface area (Å²) in [6.45, 7) is 0. The number of hydrogen-bond donors (Lipinski definition) is 1. The van der Waals surface area contributed by atoms with Crippen molar-refractivity contribution in [2.45, 2.75) is 56.1 Å².